The monoisotopic (exact) mass is 300 g/mol. The third kappa shape index (κ3) is 3.75. The smallest absolute Gasteiger partial charge is 0.251 e. The van der Waals surface area contributed by atoms with Gasteiger partial charge in [0, 0.05) is 17.7 Å². The van der Waals surface area contributed by atoms with Crippen LogP contribution in [0.1, 0.15) is 53.7 Å². The number of nitrogens with zero attached hydrogens (tertiary/aromatic N) is 1. The second kappa shape index (κ2) is 6.34. The lowest BCUT2D eigenvalue weighted by Gasteiger charge is -2.19. The Labute approximate surface area is 131 Å². The summed E-state index contributed by atoms with van der Waals surface area (Å²) in [6.45, 7) is 10.9. The van der Waals surface area contributed by atoms with E-state index in [0.717, 1.165) is 23.4 Å². The van der Waals surface area contributed by atoms with Gasteiger partial charge in [0.15, 0.2) is 0 Å². The van der Waals surface area contributed by atoms with Crippen molar-refractivity contribution in [2.75, 3.05) is 6.54 Å². The van der Waals surface area contributed by atoms with Gasteiger partial charge in [-0.05, 0) is 43.4 Å². The van der Waals surface area contributed by atoms with Crippen molar-refractivity contribution < 1.29 is 9.32 Å². The minimum Gasteiger partial charge on any atom is -0.361 e. The zero-order valence-electron chi connectivity index (χ0n) is 14.0. The second-order valence-electron chi connectivity index (χ2n) is 6.64. The SMILES string of the molecule is Cc1noc(C)c1CCNC(=O)c1ccc(C(C)(C)C)cc1. The summed E-state index contributed by atoms with van der Waals surface area (Å²) >= 11 is 0. The molecule has 0 unspecified atom stereocenters. The molecule has 4 heteroatoms. The summed E-state index contributed by atoms with van der Waals surface area (Å²) in [5.41, 5.74) is 3.97. The molecule has 4 nitrogen and oxygen atoms in total. The number of carbonyl (C=O) groups excluding carboxylic acids is 1. The van der Waals surface area contributed by atoms with Crippen molar-refractivity contribution in [1.82, 2.24) is 10.5 Å². The Hall–Kier alpha value is -2.10. The van der Waals surface area contributed by atoms with Gasteiger partial charge in [0.1, 0.15) is 5.76 Å². The number of aromatic nitrogens is 1. The molecule has 0 aliphatic carbocycles. The van der Waals surface area contributed by atoms with E-state index in [1.165, 1.54) is 5.56 Å². The number of hydrogen-bond acceptors (Lipinski definition) is 3. The molecular weight excluding hydrogens is 276 g/mol. The number of benzene rings is 1. The zero-order valence-corrected chi connectivity index (χ0v) is 14.0. The molecule has 0 fully saturated rings. The molecule has 22 heavy (non-hydrogen) atoms. The van der Waals surface area contributed by atoms with E-state index in [2.05, 4.69) is 31.2 Å². The van der Waals surface area contributed by atoms with Crippen molar-refractivity contribution in [1.29, 1.82) is 0 Å². The van der Waals surface area contributed by atoms with Crippen LogP contribution >= 0.6 is 0 Å². The number of aryl methyl sites for hydroxylation is 2. The fraction of sp³-hybridized carbons (Fsp3) is 0.444. The topological polar surface area (TPSA) is 55.1 Å². The molecule has 2 aromatic rings. The van der Waals surface area contributed by atoms with Crippen LogP contribution in [0.15, 0.2) is 28.8 Å². The molecule has 0 radical (unpaired) electrons. The first-order chi connectivity index (χ1) is 10.3. The van der Waals surface area contributed by atoms with Crippen LogP contribution in [0, 0.1) is 13.8 Å². The number of amides is 1. The van der Waals surface area contributed by atoms with Crippen molar-refractivity contribution in [2.45, 2.75) is 46.5 Å². The fourth-order valence-corrected chi connectivity index (χ4v) is 2.38. The number of hydrogen-bond donors (Lipinski definition) is 1. The summed E-state index contributed by atoms with van der Waals surface area (Å²) in [4.78, 5) is 12.2. The molecule has 0 aliphatic heterocycles. The maximum atomic E-state index is 12.2. The summed E-state index contributed by atoms with van der Waals surface area (Å²) in [7, 11) is 0. The van der Waals surface area contributed by atoms with Crippen LogP contribution in [0.4, 0.5) is 0 Å². The first-order valence-corrected chi connectivity index (χ1v) is 7.59. The molecule has 1 N–H and O–H groups in total. The highest BCUT2D eigenvalue weighted by Gasteiger charge is 2.14. The van der Waals surface area contributed by atoms with E-state index < -0.39 is 0 Å². The highest BCUT2D eigenvalue weighted by atomic mass is 16.5. The lowest BCUT2D eigenvalue weighted by atomic mass is 9.87. The number of rotatable bonds is 4. The second-order valence-corrected chi connectivity index (χ2v) is 6.64. The summed E-state index contributed by atoms with van der Waals surface area (Å²) < 4.78 is 5.12. The van der Waals surface area contributed by atoms with Crippen LogP contribution < -0.4 is 5.32 Å². The predicted octanol–water partition coefficient (Wildman–Crippen LogP) is 3.56. The van der Waals surface area contributed by atoms with Crippen molar-refractivity contribution in [3.63, 3.8) is 0 Å². The Bertz CT molecular complexity index is 629. The highest BCUT2D eigenvalue weighted by Crippen LogP contribution is 2.22. The third-order valence-corrected chi connectivity index (χ3v) is 3.85. The Balaban J connectivity index is 1.93. The van der Waals surface area contributed by atoms with Gasteiger partial charge in [-0.3, -0.25) is 4.79 Å². The summed E-state index contributed by atoms with van der Waals surface area (Å²) in [6, 6.07) is 7.80. The minimum absolute atomic E-state index is 0.0489. The van der Waals surface area contributed by atoms with Gasteiger partial charge in [-0.1, -0.05) is 38.1 Å². The van der Waals surface area contributed by atoms with E-state index in [1.807, 2.05) is 38.1 Å². The van der Waals surface area contributed by atoms with Crippen LogP contribution in [-0.2, 0) is 11.8 Å². The van der Waals surface area contributed by atoms with E-state index in [-0.39, 0.29) is 11.3 Å². The van der Waals surface area contributed by atoms with Gasteiger partial charge in [-0.2, -0.15) is 0 Å². The number of nitrogens with one attached hydrogen (secondary N) is 1. The maximum Gasteiger partial charge on any atom is 0.251 e. The van der Waals surface area contributed by atoms with Crippen molar-refractivity contribution in [3.8, 4) is 0 Å². The van der Waals surface area contributed by atoms with Gasteiger partial charge < -0.3 is 9.84 Å². The normalized spacial score (nSPS) is 11.5. The lowest BCUT2D eigenvalue weighted by Crippen LogP contribution is -2.26. The lowest BCUT2D eigenvalue weighted by molar-refractivity contribution is 0.0954. The molecular formula is C18H24N2O2. The van der Waals surface area contributed by atoms with E-state index >= 15 is 0 Å². The quantitative estimate of drug-likeness (QED) is 0.939. The molecule has 0 atom stereocenters. The van der Waals surface area contributed by atoms with E-state index in [0.29, 0.717) is 12.1 Å². The van der Waals surface area contributed by atoms with Gasteiger partial charge in [0.2, 0.25) is 0 Å². The summed E-state index contributed by atoms with van der Waals surface area (Å²) in [5.74, 6) is 0.772. The van der Waals surface area contributed by atoms with Crippen LogP contribution in [0.5, 0.6) is 0 Å². The van der Waals surface area contributed by atoms with Gasteiger partial charge in [-0.25, -0.2) is 0 Å². The summed E-state index contributed by atoms with van der Waals surface area (Å²) in [6.07, 6.45) is 0.729. The molecule has 1 amide bonds. The zero-order chi connectivity index (χ0) is 16.3. The minimum atomic E-state index is -0.0489. The molecule has 0 aliphatic rings. The molecule has 1 heterocycles. The summed E-state index contributed by atoms with van der Waals surface area (Å²) in [5, 5.41) is 6.86. The van der Waals surface area contributed by atoms with E-state index in [9.17, 15) is 4.79 Å². The maximum absolute atomic E-state index is 12.2. The standard InChI is InChI=1S/C18H24N2O2/c1-12-16(13(2)22-20-12)10-11-19-17(21)14-6-8-15(9-7-14)18(3,4)5/h6-9H,10-11H2,1-5H3,(H,19,21). The Morgan fingerprint density at radius 2 is 1.82 bits per heavy atom. The molecule has 0 spiro atoms. The van der Waals surface area contributed by atoms with Gasteiger partial charge >= 0.3 is 0 Å². The van der Waals surface area contributed by atoms with Crippen molar-refractivity contribution in [2.24, 2.45) is 0 Å². The first-order valence-electron chi connectivity index (χ1n) is 7.59. The van der Waals surface area contributed by atoms with Gasteiger partial charge in [0.25, 0.3) is 5.91 Å². The van der Waals surface area contributed by atoms with Crippen LogP contribution in [-0.4, -0.2) is 17.6 Å². The predicted molar refractivity (Wildman–Crippen MR) is 87.2 cm³/mol. The molecule has 1 aromatic heterocycles. The first kappa shape index (κ1) is 16.3. The van der Waals surface area contributed by atoms with Crippen molar-refractivity contribution >= 4 is 5.91 Å². The highest BCUT2D eigenvalue weighted by molar-refractivity contribution is 5.94. The average Bonchev–Trinajstić information content (AvgIpc) is 2.78. The molecule has 0 saturated heterocycles. The molecule has 2 rings (SSSR count). The average molecular weight is 300 g/mol. The molecule has 0 saturated carbocycles. The van der Waals surface area contributed by atoms with Gasteiger partial charge in [0.05, 0.1) is 5.69 Å². The van der Waals surface area contributed by atoms with Crippen LogP contribution in [0.3, 0.4) is 0 Å². The van der Waals surface area contributed by atoms with E-state index in [1.54, 1.807) is 0 Å². The largest absolute Gasteiger partial charge is 0.361 e. The molecule has 0 bridgehead atoms. The molecule has 118 valence electrons. The Morgan fingerprint density at radius 1 is 1.18 bits per heavy atom. The Morgan fingerprint density at radius 3 is 2.32 bits per heavy atom. The van der Waals surface area contributed by atoms with Gasteiger partial charge in [-0.15, -0.1) is 0 Å². The molecule has 1 aromatic carbocycles. The van der Waals surface area contributed by atoms with Crippen molar-refractivity contribution in [3.05, 3.63) is 52.4 Å². The fourth-order valence-electron chi connectivity index (χ4n) is 2.38. The van der Waals surface area contributed by atoms with Crippen LogP contribution in [0.2, 0.25) is 0 Å². The number of carbonyl (C=O) groups is 1. The van der Waals surface area contributed by atoms with Crippen LogP contribution in [0.25, 0.3) is 0 Å². The Kier molecular flexibility index (Phi) is 4.69. The third-order valence-electron chi connectivity index (χ3n) is 3.85. The van der Waals surface area contributed by atoms with E-state index in [4.69, 9.17) is 4.52 Å².